The standard InChI is InChI=1S/C10H10ClFN2O/c11-6-3-5(1-2-7(6)12)10(15)14-9-4-8(9)13/h1-3,8-9H,4,13H2,(H,14,15). The van der Waals surface area contributed by atoms with E-state index in [2.05, 4.69) is 5.32 Å². The lowest BCUT2D eigenvalue weighted by atomic mass is 10.2. The average Bonchev–Trinajstić information content (AvgIpc) is 2.86. The molecule has 1 aromatic rings. The van der Waals surface area contributed by atoms with Crippen LogP contribution in [0, 0.1) is 5.82 Å². The summed E-state index contributed by atoms with van der Waals surface area (Å²) < 4.78 is 12.8. The highest BCUT2D eigenvalue weighted by atomic mass is 35.5. The normalized spacial score (nSPS) is 23.7. The third kappa shape index (κ3) is 2.27. The first-order valence-corrected chi connectivity index (χ1v) is 4.97. The molecule has 0 aromatic heterocycles. The summed E-state index contributed by atoms with van der Waals surface area (Å²) in [4.78, 5) is 11.6. The number of hydrogen-bond acceptors (Lipinski definition) is 2. The SMILES string of the molecule is NC1CC1NC(=O)c1ccc(F)c(Cl)c1. The Labute approximate surface area is 91.4 Å². The van der Waals surface area contributed by atoms with Crippen LogP contribution in [0.3, 0.4) is 0 Å². The summed E-state index contributed by atoms with van der Waals surface area (Å²) in [5.41, 5.74) is 5.89. The molecule has 1 aliphatic carbocycles. The predicted octanol–water partition coefficient (Wildman–Crippen LogP) is 1.31. The molecule has 5 heteroatoms. The fraction of sp³-hybridized carbons (Fsp3) is 0.300. The van der Waals surface area contributed by atoms with Crippen molar-refractivity contribution in [2.75, 3.05) is 0 Å². The number of benzene rings is 1. The summed E-state index contributed by atoms with van der Waals surface area (Å²) >= 11 is 5.56. The maximum absolute atomic E-state index is 12.8. The van der Waals surface area contributed by atoms with Crippen molar-refractivity contribution in [2.24, 2.45) is 5.73 Å². The van der Waals surface area contributed by atoms with Gasteiger partial charge in [0, 0.05) is 17.6 Å². The number of carbonyl (C=O) groups is 1. The van der Waals surface area contributed by atoms with Gasteiger partial charge in [-0.25, -0.2) is 4.39 Å². The van der Waals surface area contributed by atoms with Crippen molar-refractivity contribution < 1.29 is 9.18 Å². The molecule has 1 amide bonds. The first-order valence-electron chi connectivity index (χ1n) is 4.59. The number of carbonyl (C=O) groups excluding carboxylic acids is 1. The fourth-order valence-corrected chi connectivity index (χ4v) is 1.45. The average molecular weight is 229 g/mol. The number of nitrogens with one attached hydrogen (secondary N) is 1. The van der Waals surface area contributed by atoms with Gasteiger partial charge in [-0.2, -0.15) is 0 Å². The second kappa shape index (κ2) is 3.79. The highest BCUT2D eigenvalue weighted by Gasteiger charge is 2.34. The first kappa shape index (κ1) is 10.4. The van der Waals surface area contributed by atoms with Crippen LogP contribution >= 0.6 is 11.6 Å². The van der Waals surface area contributed by atoms with Gasteiger partial charge < -0.3 is 11.1 Å². The zero-order valence-electron chi connectivity index (χ0n) is 7.84. The second-order valence-electron chi connectivity index (χ2n) is 3.61. The van der Waals surface area contributed by atoms with Crippen LogP contribution in [0.2, 0.25) is 5.02 Å². The van der Waals surface area contributed by atoms with E-state index in [1.165, 1.54) is 18.2 Å². The molecular formula is C10H10ClFN2O. The van der Waals surface area contributed by atoms with Gasteiger partial charge >= 0.3 is 0 Å². The second-order valence-corrected chi connectivity index (χ2v) is 4.02. The molecule has 2 atom stereocenters. The van der Waals surface area contributed by atoms with E-state index >= 15 is 0 Å². The van der Waals surface area contributed by atoms with E-state index in [0.29, 0.717) is 5.56 Å². The molecule has 1 aliphatic rings. The maximum atomic E-state index is 12.8. The van der Waals surface area contributed by atoms with Crippen molar-refractivity contribution in [3.8, 4) is 0 Å². The highest BCUT2D eigenvalue weighted by molar-refractivity contribution is 6.31. The molecule has 0 spiro atoms. The van der Waals surface area contributed by atoms with Gasteiger partial charge in [0.2, 0.25) is 0 Å². The molecule has 80 valence electrons. The molecule has 3 nitrogen and oxygen atoms in total. The van der Waals surface area contributed by atoms with Crippen LogP contribution < -0.4 is 11.1 Å². The Morgan fingerprint density at radius 1 is 1.60 bits per heavy atom. The Balaban J connectivity index is 2.08. The van der Waals surface area contributed by atoms with Crippen molar-refractivity contribution >= 4 is 17.5 Å². The summed E-state index contributed by atoms with van der Waals surface area (Å²) in [7, 11) is 0. The largest absolute Gasteiger partial charge is 0.348 e. The van der Waals surface area contributed by atoms with Crippen LogP contribution in [-0.4, -0.2) is 18.0 Å². The highest BCUT2D eigenvalue weighted by Crippen LogP contribution is 2.20. The maximum Gasteiger partial charge on any atom is 0.251 e. The summed E-state index contributed by atoms with van der Waals surface area (Å²) in [6, 6.07) is 3.96. The minimum absolute atomic E-state index is 0.0429. The molecule has 3 N–H and O–H groups in total. The number of rotatable bonds is 2. The Hall–Kier alpha value is -1.13. The zero-order chi connectivity index (χ0) is 11.0. The third-order valence-electron chi connectivity index (χ3n) is 2.34. The van der Waals surface area contributed by atoms with Crippen LogP contribution in [0.5, 0.6) is 0 Å². The Morgan fingerprint density at radius 3 is 2.80 bits per heavy atom. The molecule has 0 saturated heterocycles. The third-order valence-corrected chi connectivity index (χ3v) is 2.63. The molecule has 1 aromatic carbocycles. The number of halogens is 2. The van der Waals surface area contributed by atoms with E-state index in [0.717, 1.165) is 6.42 Å². The van der Waals surface area contributed by atoms with Gasteiger partial charge in [-0.1, -0.05) is 11.6 Å². The molecule has 0 bridgehead atoms. The number of amides is 1. The molecule has 0 radical (unpaired) electrons. The number of nitrogens with two attached hydrogens (primary N) is 1. The molecule has 2 unspecified atom stereocenters. The molecular weight excluding hydrogens is 219 g/mol. The predicted molar refractivity (Wildman–Crippen MR) is 55.3 cm³/mol. The van der Waals surface area contributed by atoms with Crippen LogP contribution in [0.4, 0.5) is 4.39 Å². The first-order chi connectivity index (χ1) is 7.08. The van der Waals surface area contributed by atoms with E-state index in [-0.39, 0.29) is 23.0 Å². The van der Waals surface area contributed by atoms with Gasteiger partial charge in [-0.15, -0.1) is 0 Å². The van der Waals surface area contributed by atoms with Crippen LogP contribution in [-0.2, 0) is 0 Å². The Morgan fingerprint density at radius 2 is 2.27 bits per heavy atom. The van der Waals surface area contributed by atoms with E-state index in [4.69, 9.17) is 17.3 Å². The van der Waals surface area contributed by atoms with Crippen molar-refractivity contribution in [3.63, 3.8) is 0 Å². The van der Waals surface area contributed by atoms with Crippen molar-refractivity contribution in [2.45, 2.75) is 18.5 Å². The fourth-order valence-electron chi connectivity index (χ4n) is 1.27. The van der Waals surface area contributed by atoms with Crippen LogP contribution in [0.15, 0.2) is 18.2 Å². The molecule has 1 fully saturated rings. The molecule has 15 heavy (non-hydrogen) atoms. The van der Waals surface area contributed by atoms with Gasteiger partial charge in [0.05, 0.1) is 5.02 Å². The summed E-state index contributed by atoms with van der Waals surface area (Å²) in [5.74, 6) is -0.800. The van der Waals surface area contributed by atoms with Crippen LogP contribution in [0.1, 0.15) is 16.8 Å². The zero-order valence-corrected chi connectivity index (χ0v) is 8.59. The van der Waals surface area contributed by atoms with E-state index < -0.39 is 5.82 Å². The van der Waals surface area contributed by atoms with Gasteiger partial charge in [0.25, 0.3) is 5.91 Å². The summed E-state index contributed by atoms with van der Waals surface area (Å²) in [6.45, 7) is 0. The molecule has 0 heterocycles. The minimum atomic E-state index is -0.531. The van der Waals surface area contributed by atoms with Gasteiger partial charge in [-0.3, -0.25) is 4.79 Å². The summed E-state index contributed by atoms with van der Waals surface area (Å²) in [5, 5.41) is 2.67. The van der Waals surface area contributed by atoms with E-state index in [1.54, 1.807) is 0 Å². The lowest BCUT2D eigenvalue weighted by molar-refractivity contribution is 0.0950. The molecule has 0 aliphatic heterocycles. The van der Waals surface area contributed by atoms with Gasteiger partial charge in [-0.05, 0) is 24.6 Å². The van der Waals surface area contributed by atoms with E-state index in [1.807, 2.05) is 0 Å². The van der Waals surface area contributed by atoms with Gasteiger partial charge in [0.1, 0.15) is 5.82 Å². The van der Waals surface area contributed by atoms with Crippen molar-refractivity contribution in [3.05, 3.63) is 34.6 Å². The van der Waals surface area contributed by atoms with E-state index in [9.17, 15) is 9.18 Å². The Kier molecular flexibility index (Phi) is 2.63. The summed E-state index contributed by atoms with van der Waals surface area (Å²) in [6.07, 6.45) is 0.792. The topological polar surface area (TPSA) is 55.1 Å². The number of hydrogen-bond donors (Lipinski definition) is 2. The van der Waals surface area contributed by atoms with Crippen molar-refractivity contribution in [1.29, 1.82) is 0 Å². The lowest BCUT2D eigenvalue weighted by Crippen LogP contribution is -2.29. The van der Waals surface area contributed by atoms with Gasteiger partial charge in [0.15, 0.2) is 0 Å². The Bertz CT molecular complexity index is 410. The minimum Gasteiger partial charge on any atom is -0.348 e. The monoisotopic (exact) mass is 228 g/mol. The quantitative estimate of drug-likeness (QED) is 0.802. The van der Waals surface area contributed by atoms with Crippen molar-refractivity contribution in [1.82, 2.24) is 5.32 Å². The smallest absolute Gasteiger partial charge is 0.251 e. The molecule has 2 rings (SSSR count). The van der Waals surface area contributed by atoms with Crippen LogP contribution in [0.25, 0.3) is 0 Å². The lowest BCUT2D eigenvalue weighted by Gasteiger charge is -2.04. The molecule has 1 saturated carbocycles.